The first-order chi connectivity index (χ1) is 17.9. The lowest BCUT2D eigenvalue weighted by Gasteiger charge is -2.37. The van der Waals surface area contributed by atoms with Gasteiger partial charge in [-0.05, 0) is 26.7 Å². The minimum Gasteiger partial charge on any atom is -0.462 e. The molecule has 0 amide bonds. The summed E-state index contributed by atoms with van der Waals surface area (Å²) in [5.74, 6) is -0.165. The lowest BCUT2D eigenvalue weighted by Crippen LogP contribution is -2.51. The van der Waals surface area contributed by atoms with Gasteiger partial charge in [0.05, 0.1) is 11.5 Å². The second-order valence-corrected chi connectivity index (χ2v) is 11.1. The average Bonchev–Trinajstić information content (AvgIpc) is 2.88. The summed E-state index contributed by atoms with van der Waals surface area (Å²) < 4.78 is 5.64. The summed E-state index contributed by atoms with van der Waals surface area (Å²) >= 11 is 0. The Balaban J connectivity index is 5.07. The highest BCUT2D eigenvalue weighted by Gasteiger charge is 2.41. The summed E-state index contributed by atoms with van der Waals surface area (Å²) in [5, 5.41) is 20.2. The van der Waals surface area contributed by atoms with E-state index in [4.69, 9.17) is 10.5 Å². The summed E-state index contributed by atoms with van der Waals surface area (Å²) in [7, 11) is 0. The van der Waals surface area contributed by atoms with Crippen LogP contribution >= 0.6 is 0 Å². The SMILES string of the molecule is CCCCCCCCCC(C)(C(=O)OCC(C)O)C(CCCCCCCC)NCCNCCNCCN. The molecule has 0 aromatic carbocycles. The maximum absolute atomic E-state index is 13.4. The number of carbonyl (C=O) groups excluding carboxylic acids is 1. The number of nitrogens with one attached hydrogen (secondary N) is 3. The third-order valence-electron chi connectivity index (χ3n) is 7.33. The first kappa shape index (κ1) is 36.3. The number of rotatable bonds is 28. The van der Waals surface area contributed by atoms with Crippen LogP contribution in [0.5, 0.6) is 0 Å². The normalized spacial score (nSPS) is 14.9. The highest BCUT2D eigenvalue weighted by molar-refractivity contribution is 5.77. The second kappa shape index (κ2) is 25.5. The van der Waals surface area contributed by atoms with Gasteiger partial charge in [0.15, 0.2) is 0 Å². The van der Waals surface area contributed by atoms with E-state index in [0.717, 1.165) is 64.8 Å². The van der Waals surface area contributed by atoms with E-state index in [-0.39, 0.29) is 18.6 Å². The highest BCUT2D eigenvalue weighted by Crippen LogP contribution is 2.34. The predicted molar refractivity (Wildman–Crippen MR) is 158 cm³/mol. The van der Waals surface area contributed by atoms with Gasteiger partial charge in [-0.15, -0.1) is 0 Å². The van der Waals surface area contributed by atoms with Crippen molar-refractivity contribution >= 4 is 5.97 Å². The van der Waals surface area contributed by atoms with Crippen molar-refractivity contribution < 1.29 is 14.6 Å². The maximum atomic E-state index is 13.4. The number of unbranched alkanes of at least 4 members (excludes halogenated alkanes) is 11. The molecule has 3 unspecified atom stereocenters. The van der Waals surface area contributed by atoms with Gasteiger partial charge in [-0.3, -0.25) is 4.79 Å². The van der Waals surface area contributed by atoms with Crippen LogP contribution in [-0.4, -0.2) is 69.1 Å². The Morgan fingerprint density at radius 1 is 0.811 bits per heavy atom. The van der Waals surface area contributed by atoms with Crippen LogP contribution in [0.3, 0.4) is 0 Å². The molecule has 0 aliphatic rings. The standard InChI is InChI=1S/C30H64N4O3/c1-5-7-9-11-13-15-17-19-30(4,29(36)37-26-27(3)35)28(18-16-14-12-10-8-6-2)34-25-24-33-23-22-32-21-20-31/h27-28,32-35H,5-26,31H2,1-4H3. The summed E-state index contributed by atoms with van der Waals surface area (Å²) in [6.07, 6.45) is 17.2. The molecule has 0 aromatic heterocycles. The summed E-state index contributed by atoms with van der Waals surface area (Å²) in [4.78, 5) is 13.4. The van der Waals surface area contributed by atoms with E-state index < -0.39 is 11.5 Å². The van der Waals surface area contributed by atoms with Crippen molar-refractivity contribution in [2.75, 3.05) is 45.9 Å². The summed E-state index contributed by atoms with van der Waals surface area (Å²) in [6, 6.07) is 0.0671. The second-order valence-electron chi connectivity index (χ2n) is 11.1. The van der Waals surface area contributed by atoms with E-state index in [9.17, 15) is 9.90 Å². The zero-order valence-electron chi connectivity index (χ0n) is 25.1. The van der Waals surface area contributed by atoms with E-state index in [1.165, 1.54) is 64.2 Å². The molecule has 6 N–H and O–H groups in total. The van der Waals surface area contributed by atoms with Gasteiger partial charge in [0.2, 0.25) is 0 Å². The number of aliphatic hydroxyl groups excluding tert-OH is 1. The molecular weight excluding hydrogens is 464 g/mol. The Morgan fingerprint density at radius 2 is 1.32 bits per heavy atom. The van der Waals surface area contributed by atoms with Crippen molar-refractivity contribution in [3.8, 4) is 0 Å². The van der Waals surface area contributed by atoms with Gasteiger partial charge in [-0.25, -0.2) is 0 Å². The molecule has 7 nitrogen and oxygen atoms in total. The molecule has 7 heteroatoms. The number of aliphatic hydroxyl groups is 1. The number of nitrogens with two attached hydrogens (primary N) is 1. The summed E-state index contributed by atoms with van der Waals surface area (Å²) in [5.41, 5.74) is 4.93. The van der Waals surface area contributed by atoms with Crippen LogP contribution in [0.25, 0.3) is 0 Å². The molecule has 222 valence electrons. The summed E-state index contributed by atoms with van der Waals surface area (Å²) in [6.45, 7) is 13.3. The average molecular weight is 529 g/mol. The molecule has 0 aliphatic heterocycles. The van der Waals surface area contributed by atoms with Crippen LogP contribution in [0.15, 0.2) is 0 Å². The fourth-order valence-electron chi connectivity index (χ4n) is 4.87. The Hall–Kier alpha value is -0.730. The van der Waals surface area contributed by atoms with Gasteiger partial charge in [0, 0.05) is 45.3 Å². The molecule has 0 bridgehead atoms. The van der Waals surface area contributed by atoms with E-state index >= 15 is 0 Å². The topological polar surface area (TPSA) is 109 Å². The molecule has 0 saturated carbocycles. The third kappa shape index (κ3) is 19.9. The van der Waals surface area contributed by atoms with Crippen LogP contribution in [0.1, 0.15) is 124 Å². The minimum atomic E-state index is -0.645. The highest BCUT2D eigenvalue weighted by atomic mass is 16.5. The molecule has 37 heavy (non-hydrogen) atoms. The van der Waals surface area contributed by atoms with E-state index in [2.05, 4.69) is 36.7 Å². The van der Waals surface area contributed by atoms with Crippen LogP contribution in [-0.2, 0) is 9.53 Å². The van der Waals surface area contributed by atoms with Crippen LogP contribution in [0.4, 0.5) is 0 Å². The van der Waals surface area contributed by atoms with Gasteiger partial charge in [0.25, 0.3) is 0 Å². The molecule has 0 fully saturated rings. The molecule has 3 atom stereocenters. The Bertz CT molecular complexity index is 507. The van der Waals surface area contributed by atoms with Crippen LogP contribution in [0.2, 0.25) is 0 Å². The first-order valence-corrected chi connectivity index (χ1v) is 15.6. The fourth-order valence-corrected chi connectivity index (χ4v) is 4.87. The van der Waals surface area contributed by atoms with Crippen molar-refractivity contribution in [3.05, 3.63) is 0 Å². The van der Waals surface area contributed by atoms with Gasteiger partial charge in [-0.1, -0.05) is 97.3 Å². The smallest absolute Gasteiger partial charge is 0.313 e. The molecule has 0 radical (unpaired) electrons. The number of hydrogen-bond acceptors (Lipinski definition) is 7. The molecule has 0 aliphatic carbocycles. The maximum Gasteiger partial charge on any atom is 0.313 e. The van der Waals surface area contributed by atoms with Crippen molar-refractivity contribution in [1.29, 1.82) is 0 Å². The van der Waals surface area contributed by atoms with E-state index in [0.29, 0.717) is 6.54 Å². The number of carbonyl (C=O) groups is 1. The molecule has 0 spiro atoms. The predicted octanol–water partition coefficient (Wildman–Crippen LogP) is 4.90. The Morgan fingerprint density at radius 3 is 1.89 bits per heavy atom. The lowest BCUT2D eigenvalue weighted by molar-refractivity contribution is -0.160. The minimum absolute atomic E-state index is 0.0620. The van der Waals surface area contributed by atoms with Gasteiger partial charge in [-0.2, -0.15) is 0 Å². The number of ether oxygens (including phenoxy) is 1. The monoisotopic (exact) mass is 528 g/mol. The quantitative estimate of drug-likeness (QED) is 0.0725. The fraction of sp³-hybridized carbons (Fsp3) is 0.967. The van der Waals surface area contributed by atoms with Crippen LogP contribution < -0.4 is 21.7 Å². The Kier molecular flexibility index (Phi) is 25.0. The number of hydrogen-bond donors (Lipinski definition) is 5. The van der Waals surface area contributed by atoms with Crippen molar-refractivity contribution in [2.45, 2.75) is 136 Å². The largest absolute Gasteiger partial charge is 0.462 e. The van der Waals surface area contributed by atoms with Gasteiger partial charge >= 0.3 is 5.97 Å². The Labute approximate surface area is 229 Å². The molecule has 0 rings (SSSR count). The van der Waals surface area contributed by atoms with Crippen LogP contribution in [0, 0.1) is 5.41 Å². The van der Waals surface area contributed by atoms with Gasteiger partial charge < -0.3 is 31.5 Å². The molecule has 0 heterocycles. The van der Waals surface area contributed by atoms with Crippen molar-refractivity contribution in [3.63, 3.8) is 0 Å². The molecular formula is C30H64N4O3. The molecule has 0 saturated heterocycles. The van der Waals surface area contributed by atoms with E-state index in [1.54, 1.807) is 6.92 Å². The molecule has 0 aromatic rings. The number of esters is 1. The lowest BCUT2D eigenvalue weighted by atomic mass is 9.75. The van der Waals surface area contributed by atoms with Gasteiger partial charge in [0.1, 0.15) is 6.61 Å². The zero-order valence-corrected chi connectivity index (χ0v) is 25.1. The zero-order chi connectivity index (χ0) is 27.6. The third-order valence-corrected chi connectivity index (χ3v) is 7.33. The van der Waals surface area contributed by atoms with Crippen molar-refractivity contribution in [2.24, 2.45) is 11.1 Å². The van der Waals surface area contributed by atoms with Crippen molar-refractivity contribution in [1.82, 2.24) is 16.0 Å². The first-order valence-electron chi connectivity index (χ1n) is 15.6. The van der Waals surface area contributed by atoms with E-state index in [1.807, 2.05) is 0 Å².